The number of carboxylic acid groups (broad SMARTS) is 1. The Labute approximate surface area is 164 Å². The molecule has 0 saturated carbocycles. The van der Waals surface area contributed by atoms with E-state index >= 15 is 0 Å². The molecule has 144 valence electrons. The van der Waals surface area contributed by atoms with E-state index in [0.29, 0.717) is 30.8 Å². The Kier molecular flexibility index (Phi) is 4.23. The van der Waals surface area contributed by atoms with Gasteiger partial charge in [-0.25, -0.2) is 14.0 Å². The second kappa shape index (κ2) is 6.49. The fourth-order valence-corrected chi connectivity index (χ4v) is 3.82. The van der Waals surface area contributed by atoms with Gasteiger partial charge in [0.15, 0.2) is 0 Å². The molecule has 2 aliphatic rings. The van der Waals surface area contributed by atoms with Gasteiger partial charge < -0.3 is 20.6 Å². The Morgan fingerprint density at radius 1 is 1.14 bits per heavy atom. The number of nitrogens with one attached hydrogen (secondary N) is 2. The number of amides is 3. The van der Waals surface area contributed by atoms with Crippen LogP contribution in [0.15, 0.2) is 36.4 Å². The minimum atomic E-state index is -1.12. The van der Waals surface area contributed by atoms with Crippen molar-refractivity contribution < 1.29 is 23.9 Å². The summed E-state index contributed by atoms with van der Waals surface area (Å²) in [5.74, 6) is -2.08. The van der Waals surface area contributed by atoms with Crippen LogP contribution in [0.3, 0.4) is 0 Å². The van der Waals surface area contributed by atoms with E-state index in [1.165, 1.54) is 35.2 Å². The van der Waals surface area contributed by atoms with E-state index in [9.17, 15) is 18.8 Å². The number of nitrogens with zero attached hydrogens (tertiary/aromatic N) is 1. The van der Waals surface area contributed by atoms with E-state index in [0.717, 1.165) is 6.07 Å². The molecule has 2 aromatic rings. The number of carboxylic acids is 1. The lowest BCUT2D eigenvalue weighted by Crippen LogP contribution is -2.70. The third-order valence-electron chi connectivity index (χ3n) is 4.91. The highest BCUT2D eigenvalue weighted by Crippen LogP contribution is 2.31. The molecule has 2 saturated heterocycles. The van der Waals surface area contributed by atoms with Crippen molar-refractivity contribution in [1.82, 2.24) is 15.5 Å². The van der Waals surface area contributed by atoms with Crippen molar-refractivity contribution in [2.45, 2.75) is 5.54 Å². The number of rotatable bonds is 3. The molecule has 0 atom stereocenters. The molecule has 3 amide bonds. The third-order valence-corrected chi connectivity index (χ3v) is 5.22. The Bertz CT molecular complexity index is 1020. The monoisotopic (exact) mass is 403 g/mol. The predicted octanol–water partition coefficient (Wildman–Crippen LogP) is 2.35. The molecule has 3 N–H and O–H groups in total. The molecule has 0 bridgehead atoms. The summed E-state index contributed by atoms with van der Waals surface area (Å²) in [6, 6.07) is 7.75. The maximum absolute atomic E-state index is 14.2. The number of hydrogen-bond acceptors (Lipinski definition) is 3. The van der Waals surface area contributed by atoms with Crippen LogP contribution in [-0.4, -0.2) is 53.1 Å². The van der Waals surface area contributed by atoms with Crippen LogP contribution in [0.25, 0.3) is 11.1 Å². The van der Waals surface area contributed by atoms with Crippen LogP contribution in [0.1, 0.15) is 20.7 Å². The first kappa shape index (κ1) is 18.2. The van der Waals surface area contributed by atoms with Gasteiger partial charge in [-0.05, 0) is 35.9 Å². The van der Waals surface area contributed by atoms with Crippen molar-refractivity contribution in [3.8, 4) is 11.1 Å². The fraction of sp³-hybridized carbons (Fsp3) is 0.211. The Balaban J connectivity index is 1.59. The molecule has 0 aromatic heterocycles. The van der Waals surface area contributed by atoms with Crippen molar-refractivity contribution in [2.75, 3.05) is 19.6 Å². The zero-order chi connectivity index (χ0) is 20.1. The molecule has 2 aromatic carbocycles. The highest BCUT2D eigenvalue weighted by atomic mass is 35.5. The molecular formula is C19H15ClFN3O4. The minimum Gasteiger partial charge on any atom is -0.478 e. The lowest BCUT2D eigenvalue weighted by atomic mass is 9.90. The first-order valence-electron chi connectivity index (χ1n) is 8.45. The van der Waals surface area contributed by atoms with E-state index in [2.05, 4.69) is 10.6 Å². The zero-order valence-electron chi connectivity index (χ0n) is 14.5. The number of aromatic carboxylic acids is 1. The van der Waals surface area contributed by atoms with Crippen LogP contribution in [0, 0.1) is 5.82 Å². The van der Waals surface area contributed by atoms with Crippen LogP contribution in [0.4, 0.5) is 9.18 Å². The number of hydrogen-bond donors (Lipinski definition) is 3. The van der Waals surface area contributed by atoms with Crippen molar-refractivity contribution >= 4 is 29.5 Å². The third kappa shape index (κ3) is 3.16. The summed E-state index contributed by atoms with van der Waals surface area (Å²) in [6.45, 7) is 1.12. The molecule has 1 spiro atoms. The van der Waals surface area contributed by atoms with Gasteiger partial charge in [0.2, 0.25) is 0 Å². The van der Waals surface area contributed by atoms with E-state index in [1.807, 2.05) is 0 Å². The Morgan fingerprint density at radius 3 is 2.50 bits per heavy atom. The summed E-state index contributed by atoms with van der Waals surface area (Å²) < 4.78 is 14.2. The zero-order valence-corrected chi connectivity index (χ0v) is 15.2. The number of halogens is 2. The smallest absolute Gasteiger partial charge is 0.335 e. The molecule has 0 aliphatic carbocycles. The topological polar surface area (TPSA) is 98.7 Å². The summed E-state index contributed by atoms with van der Waals surface area (Å²) in [5, 5.41) is 14.6. The van der Waals surface area contributed by atoms with Crippen molar-refractivity contribution in [1.29, 1.82) is 0 Å². The van der Waals surface area contributed by atoms with Crippen LogP contribution in [0.5, 0.6) is 0 Å². The molecule has 4 rings (SSSR count). The SMILES string of the molecule is O=C1NCC2(CN(C(=O)c3cc(F)cc(-c4ccc(C(=O)O)cc4Cl)c3)C2)N1. The van der Waals surface area contributed by atoms with Crippen LogP contribution in [-0.2, 0) is 0 Å². The first-order valence-corrected chi connectivity index (χ1v) is 8.83. The van der Waals surface area contributed by atoms with Crippen molar-refractivity contribution in [2.24, 2.45) is 0 Å². The Hall–Kier alpha value is -3.13. The average Bonchev–Trinajstić information content (AvgIpc) is 3.01. The van der Waals surface area contributed by atoms with Gasteiger partial charge in [-0.1, -0.05) is 17.7 Å². The maximum atomic E-state index is 14.2. The summed E-state index contributed by atoms with van der Waals surface area (Å²) >= 11 is 6.16. The normalized spacial score (nSPS) is 17.1. The second-order valence-corrected chi connectivity index (χ2v) is 7.38. The van der Waals surface area contributed by atoms with Gasteiger partial charge in [0.1, 0.15) is 5.82 Å². The summed E-state index contributed by atoms with van der Waals surface area (Å²) in [4.78, 5) is 36.6. The quantitative estimate of drug-likeness (QED) is 0.732. The van der Waals surface area contributed by atoms with Gasteiger partial charge in [-0.2, -0.15) is 0 Å². The highest BCUT2D eigenvalue weighted by Gasteiger charge is 2.49. The molecule has 7 nitrogen and oxygen atoms in total. The van der Waals surface area contributed by atoms with Gasteiger partial charge in [0.25, 0.3) is 5.91 Å². The van der Waals surface area contributed by atoms with Crippen molar-refractivity contribution in [3.63, 3.8) is 0 Å². The molecule has 2 heterocycles. The van der Waals surface area contributed by atoms with Gasteiger partial charge in [-0.3, -0.25) is 4.79 Å². The standard InChI is InChI=1S/C19H15ClFN3O4/c20-15-6-10(17(26)27)1-2-14(15)11-3-12(5-13(21)4-11)16(25)24-8-19(9-24)7-22-18(28)23-19/h1-6H,7-9H2,(H,26,27)(H2,22,23,28). The largest absolute Gasteiger partial charge is 0.478 e. The van der Waals surface area contributed by atoms with Gasteiger partial charge >= 0.3 is 12.0 Å². The van der Waals surface area contributed by atoms with Gasteiger partial charge in [0, 0.05) is 35.8 Å². The molecular weight excluding hydrogens is 389 g/mol. The van der Waals surface area contributed by atoms with E-state index in [-0.39, 0.29) is 28.1 Å². The molecule has 0 radical (unpaired) electrons. The van der Waals surface area contributed by atoms with E-state index in [4.69, 9.17) is 16.7 Å². The lowest BCUT2D eigenvalue weighted by molar-refractivity contribution is 0.0396. The van der Waals surface area contributed by atoms with Gasteiger partial charge in [0.05, 0.1) is 11.1 Å². The lowest BCUT2D eigenvalue weighted by Gasteiger charge is -2.46. The summed E-state index contributed by atoms with van der Waals surface area (Å²) in [6.07, 6.45) is 0. The van der Waals surface area contributed by atoms with E-state index < -0.39 is 17.3 Å². The second-order valence-electron chi connectivity index (χ2n) is 6.98. The number of carbonyl (C=O) groups excluding carboxylic acids is 2. The van der Waals surface area contributed by atoms with Crippen LogP contribution >= 0.6 is 11.6 Å². The molecule has 2 aliphatic heterocycles. The fourth-order valence-electron chi connectivity index (χ4n) is 3.53. The molecule has 28 heavy (non-hydrogen) atoms. The Morgan fingerprint density at radius 2 is 1.89 bits per heavy atom. The summed E-state index contributed by atoms with van der Waals surface area (Å²) in [5.41, 5.74) is 0.503. The van der Waals surface area contributed by atoms with Crippen molar-refractivity contribution in [3.05, 3.63) is 58.4 Å². The minimum absolute atomic E-state index is 0.0135. The highest BCUT2D eigenvalue weighted by molar-refractivity contribution is 6.33. The van der Waals surface area contributed by atoms with Crippen LogP contribution in [0.2, 0.25) is 5.02 Å². The first-order chi connectivity index (χ1) is 13.3. The maximum Gasteiger partial charge on any atom is 0.335 e. The molecule has 9 heteroatoms. The average molecular weight is 404 g/mol. The summed E-state index contributed by atoms with van der Waals surface area (Å²) in [7, 11) is 0. The van der Waals surface area contributed by atoms with E-state index in [1.54, 1.807) is 0 Å². The number of benzene rings is 2. The van der Waals surface area contributed by atoms with Crippen LogP contribution < -0.4 is 10.6 Å². The predicted molar refractivity (Wildman–Crippen MR) is 99.0 cm³/mol. The number of urea groups is 1. The van der Waals surface area contributed by atoms with Gasteiger partial charge in [-0.15, -0.1) is 0 Å². The molecule has 2 fully saturated rings. The number of carbonyl (C=O) groups is 3. The number of likely N-dealkylation sites (tertiary alicyclic amines) is 1. The molecule has 0 unspecified atom stereocenters.